The summed E-state index contributed by atoms with van der Waals surface area (Å²) in [5.41, 5.74) is 0.442. The first-order chi connectivity index (χ1) is 11.6. The van der Waals surface area contributed by atoms with Crippen LogP contribution in [0.25, 0.3) is 0 Å². The Labute approximate surface area is 149 Å². The van der Waals surface area contributed by atoms with Crippen LogP contribution in [0.5, 0.6) is 0 Å². The molecule has 0 radical (unpaired) electrons. The van der Waals surface area contributed by atoms with E-state index >= 15 is 0 Å². The number of benzene rings is 1. The molecule has 122 valence electrons. The highest BCUT2D eigenvalue weighted by molar-refractivity contribution is 7.89. The van der Waals surface area contributed by atoms with Gasteiger partial charge in [0, 0.05) is 22.8 Å². The van der Waals surface area contributed by atoms with Crippen LogP contribution in [0.4, 0.5) is 0 Å². The van der Waals surface area contributed by atoms with Crippen LogP contribution in [0.3, 0.4) is 0 Å². The average molecular weight is 375 g/mol. The van der Waals surface area contributed by atoms with Crippen LogP contribution in [0.2, 0.25) is 0 Å². The molecule has 0 atom stereocenters. The summed E-state index contributed by atoms with van der Waals surface area (Å²) in [6.45, 7) is 0.663. The molecule has 0 unspecified atom stereocenters. The number of nitriles is 1. The molecule has 0 spiro atoms. The van der Waals surface area contributed by atoms with Crippen LogP contribution in [-0.2, 0) is 23.1 Å². The second kappa shape index (κ2) is 7.28. The molecule has 0 bridgehead atoms. The Kier molecular flexibility index (Phi) is 5.11. The van der Waals surface area contributed by atoms with Gasteiger partial charge >= 0.3 is 0 Å². The van der Waals surface area contributed by atoms with Crippen molar-refractivity contribution in [3.63, 3.8) is 0 Å². The first-order valence-electron chi connectivity index (χ1n) is 7.14. The summed E-state index contributed by atoms with van der Waals surface area (Å²) in [5, 5.41) is 12.8. The number of hydrogen-bond donors (Lipinski definition) is 0. The van der Waals surface area contributed by atoms with Crippen LogP contribution < -0.4 is 0 Å². The van der Waals surface area contributed by atoms with E-state index in [0.29, 0.717) is 18.7 Å². The molecule has 24 heavy (non-hydrogen) atoms. The van der Waals surface area contributed by atoms with Crippen molar-refractivity contribution in [2.24, 2.45) is 0 Å². The molecule has 3 aromatic rings. The molecule has 4 nitrogen and oxygen atoms in total. The maximum absolute atomic E-state index is 13.0. The van der Waals surface area contributed by atoms with Crippen LogP contribution in [-0.4, -0.2) is 12.7 Å². The van der Waals surface area contributed by atoms with Gasteiger partial charge in [0.05, 0.1) is 16.5 Å². The lowest BCUT2D eigenvalue weighted by Crippen LogP contribution is -2.29. The Hall–Kier alpha value is -1.98. The molecule has 7 heteroatoms. The quantitative estimate of drug-likeness (QED) is 0.653. The molecule has 3 rings (SSSR count). The van der Waals surface area contributed by atoms with Gasteiger partial charge in [-0.15, -0.1) is 22.7 Å². The Bertz CT molecular complexity index is 887. The normalized spacial score (nSPS) is 11.5. The fourth-order valence-corrected chi connectivity index (χ4v) is 5.23. The zero-order valence-electron chi connectivity index (χ0n) is 12.6. The maximum atomic E-state index is 13.0. The third kappa shape index (κ3) is 3.74. The lowest BCUT2D eigenvalue weighted by molar-refractivity contribution is 0.407. The van der Waals surface area contributed by atoms with Gasteiger partial charge in [-0.1, -0.05) is 12.1 Å². The molecule has 0 amide bonds. The smallest absolute Gasteiger partial charge is 0.207 e. The van der Waals surface area contributed by atoms with Gasteiger partial charge in [0.2, 0.25) is 10.0 Å². The Morgan fingerprint density at radius 1 is 0.917 bits per heavy atom. The minimum absolute atomic E-state index is 0.203. The minimum atomic E-state index is -3.64. The monoisotopic (exact) mass is 374 g/mol. The van der Waals surface area contributed by atoms with Gasteiger partial charge in [-0.3, -0.25) is 0 Å². The summed E-state index contributed by atoms with van der Waals surface area (Å²) < 4.78 is 27.6. The van der Waals surface area contributed by atoms with E-state index in [-0.39, 0.29) is 4.90 Å². The molecule has 0 aliphatic heterocycles. The van der Waals surface area contributed by atoms with Gasteiger partial charge in [-0.05, 0) is 47.2 Å². The van der Waals surface area contributed by atoms with E-state index in [1.54, 1.807) is 0 Å². The van der Waals surface area contributed by atoms with E-state index in [0.717, 1.165) is 9.75 Å². The summed E-state index contributed by atoms with van der Waals surface area (Å²) in [4.78, 5) is 2.18. The Balaban J connectivity index is 1.94. The second-order valence-electron chi connectivity index (χ2n) is 5.07. The van der Waals surface area contributed by atoms with E-state index in [9.17, 15) is 8.42 Å². The van der Waals surface area contributed by atoms with Gasteiger partial charge in [0.15, 0.2) is 0 Å². The molecule has 0 saturated carbocycles. The predicted octanol–water partition coefficient (Wildman–Crippen LogP) is 4.07. The zero-order chi connectivity index (χ0) is 17.0. The van der Waals surface area contributed by atoms with E-state index in [1.807, 2.05) is 41.1 Å². The van der Waals surface area contributed by atoms with Gasteiger partial charge < -0.3 is 0 Å². The molecule has 1 aromatic carbocycles. The van der Waals surface area contributed by atoms with Crippen molar-refractivity contribution in [2.45, 2.75) is 18.0 Å². The average Bonchev–Trinajstić information content (AvgIpc) is 3.28. The van der Waals surface area contributed by atoms with E-state index < -0.39 is 10.0 Å². The number of hydrogen-bond acceptors (Lipinski definition) is 5. The van der Waals surface area contributed by atoms with Crippen LogP contribution in [0, 0.1) is 11.3 Å². The Morgan fingerprint density at radius 2 is 1.46 bits per heavy atom. The van der Waals surface area contributed by atoms with Crippen molar-refractivity contribution < 1.29 is 8.42 Å². The molecule has 0 N–H and O–H groups in total. The predicted molar refractivity (Wildman–Crippen MR) is 96.2 cm³/mol. The molecular weight excluding hydrogens is 360 g/mol. The molecule has 2 aromatic heterocycles. The molecule has 0 saturated heterocycles. The molecule has 2 heterocycles. The maximum Gasteiger partial charge on any atom is 0.243 e. The van der Waals surface area contributed by atoms with Gasteiger partial charge in [-0.2, -0.15) is 9.57 Å². The van der Waals surface area contributed by atoms with Crippen molar-refractivity contribution in [1.29, 1.82) is 5.26 Å². The fourth-order valence-electron chi connectivity index (χ4n) is 2.23. The second-order valence-corrected chi connectivity index (χ2v) is 9.07. The van der Waals surface area contributed by atoms with Crippen molar-refractivity contribution in [2.75, 3.05) is 0 Å². The third-order valence-electron chi connectivity index (χ3n) is 3.45. The Morgan fingerprint density at radius 3 is 1.88 bits per heavy atom. The number of nitrogens with zero attached hydrogens (tertiary/aromatic N) is 2. The fraction of sp³-hybridized carbons (Fsp3) is 0.118. The van der Waals surface area contributed by atoms with Crippen molar-refractivity contribution >= 4 is 32.7 Å². The SMILES string of the molecule is N#Cc1ccc(S(=O)(=O)N(Cc2cccs2)Cc2cccs2)cc1. The summed E-state index contributed by atoms with van der Waals surface area (Å²) in [5.74, 6) is 0. The number of thiophene rings is 2. The van der Waals surface area contributed by atoms with Gasteiger partial charge in [-0.25, -0.2) is 8.42 Å². The first kappa shape index (κ1) is 16.9. The van der Waals surface area contributed by atoms with E-state index in [2.05, 4.69) is 0 Å². The molecule has 0 aliphatic rings. The molecular formula is C17H14N2O2S3. The third-order valence-corrected chi connectivity index (χ3v) is 6.97. The highest BCUT2D eigenvalue weighted by Crippen LogP contribution is 2.24. The standard InChI is InChI=1S/C17H14N2O2S3/c18-11-14-5-7-17(8-6-14)24(20,21)19(12-15-3-1-9-22-15)13-16-4-2-10-23-16/h1-10H,12-13H2. The molecule has 0 aliphatic carbocycles. The van der Waals surface area contributed by atoms with Gasteiger partial charge in [0.1, 0.15) is 0 Å². The lowest BCUT2D eigenvalue weighted by Gasteiger charge is -2.21. The number of rotatable bonds is 6. The summed E-state index contributed by atoms with van der Waals surface area (Å²) in [7, 11) is -3.64. The minimum Gasteiger partial charge on any atom is -0.207 e. The lowest BCUT2D eigenvalue weighted by atomic mass is 10.2. The topological polar surface area (TPSA) is 61.2 Å². The summed E-state index contributed by atoms with van der Waals surface area (Å²) >= 11 is 3.07. The summed E-state index contributed by atoms with van der Waals surface area (Å²) in [6.07, 6.45) is 0. The number of sulfonamides is 1. The highest BCUT2D eigenvalue weighted by Gasteiger charge is 2.25. The van der Waals surface area contributed by atoms with E-state index in [1.165, 1.54) is 51.2 Å². The van der Waals surface area contributed by atoms with Crippen LogP contribution in [0.15, 0.2) is 64.2 Å². The first-order valence-corrected chi connectivity index (χ1v) is 10.3. The van der Waals surface area contributed by atoms with Crippen molar-refractivity contribution in [3.8, 4) is 6.07 Å². The zero-order valence-corrected chi connectivity index (χ0v) is 15.1. The summed E-state index contributed by atoms with van der Waals surface area (Å²) in [6, 6.07) is 15.7. The van der Waals surface area contributed by atoms with Crippen molar-refractivity contribution in [1.82, 2.24) is 4.31 Å². The largest absolute Gasteiger partial charge is 0.243 e. The van der Waals surface area contributed by atoms with Gasteiger partial charge in [0.25, 0.3) is 0 Å². The van der Waals surface area contributed by atoms with Crippen LogP contribution >= 0.6 is 22.7 Å². The molecule has 0 fully saturated rings. The van der Waals surface area contributed by atoms with Crippen LogP contribution in [0.1, 0.15) is 15.3 Å². The van der Waals surface area contributed by atoms with E-state index in [4.69, 9.17) is 5.26 Å². The highest BCUT2D eigenvalue weighted by atomic mass is 32.2. The van der Waals surface area contributed by atoms with Crippen molar-refractivity contribution in [3.05, 3.63) is 74.6 Å².